The van der Waals surface area contributed by atoms with Crippen molar-refractivity contribution in [3.05, 3.63) is 69.6 Å². The second kappa shape index (κ2) is 32.5. The number of carbonyl (C=O) groups is 3. The fourth-order valence-corrected chi connectivity index (χ4v) is 10.7. The molecule has 0 bridgehead atoms. The van der Waals surface area contributed by atoms with Gasteiger partial charge in [-0.1, -0.05) is 82.4 Å². The molecule has 18 nitrogen and oxygen atoms in total. The number of ether oxygens (including phenoxy) is 9. The molecule has 0 saturated carbocycles. The molecular formula is C72H114N6O12. The van der Waals surface area contributed by atoms with Gasteiger partial charge in [-0.15, -0.1) is 0 Å². The molecule has 3 aromatic carbocycles. The summed E-state index contributed by atoms with van der Waals surface area (Å²) < 4.78 is 530. The van der Waals surface area contributed by atoms with Gasteiger partial charge in [-0.05, 0) is 143 Å². The Morgan fingerprint density at radius 2 is 0.800 bits per heavy atom. The summed E-state index contributed by atoms with van der Waals surface area (Å²) >= 11 is 0. The molecule has 0 aliphatic carbocycles. The molecule has 0 radical (unpaired) electrons. The van der Waals surface area contributed by atoms with E-state index in [1.54, 1.807) is 0 Å². The summed E-state index contributed by atoms with van der Waals surface area (Å²) in [7, 11) is -1.76. The van der Waals surface area contributed by atoms with Crippen molar-refractivity contribution >= 4 is 17.9 Å². The van der Waals surface area contributed by atoms with Crippen molar-refractivity contribution in [2.45, 2.75) is 194 Å². The smallest absolute Gasteiger partial charge is 0.323 e. The van der Waals surface area contributed by atoms with Crippen molar-refractivity contribution in [1.82, 2.24) is 14.7 Å². The zero-order valence-electron chi connectivity index (χ0n) is 109. The molecule has 3 aromatic rings. The number of carbonyl (C=O) groups excluding carboxylic acids is 3. The van der Waals surface area contributed by atoms with E-state index >= 15 is 0 Å². The lowest BCUT2D eigenvalue weighted by Crippen LogP contribution is -2.51. The van der Waals surface area contributed by atoms with Crippen LogP contribution in [0.5, 0.6) is 34.5 Å². The van der Waals surface area contributed by atoms with Gasteiger partial charge in [0.25, 0.3) is 0 Å². The average molecular weight is 1320 g/mol. The highest BCUT2D eigenvalue weighted by molar-refractivity contribution is 5.77. The monoisotopic (exact) mass is 1310 g/mol. The minimum absolute atomic E-state index is 0.0177. The van der Waals surface area contributed by atoms with Crippen molar-refractivity contribution in [2.75, 3.05) is 81.8 Å². The SMILES string of the molecule is [2H]c1c2c(c([2H])c(OC)c1OC([2H])([2H])[2H])C1([2H])CC(OC(=O)[C@@]([2H])(N)C([2H])(C([2H])([2H])[2H])C([2H])([2H])[2H])C(C([2H])([2H])C([2H])(C)C([2H])([2H])[2H])CN1CC2.[2H]c1c2c(c([2H])c(OC)c1OC([2H])([2H])[2H])C1([2H])CC([2H])(OC(=O)[C@@]([2H])(N)C([2H])(C([2H])([2H])[2H])C([2H])([2H])[2H])C(C([2H])([2H])C([2H])(C)C([2H])([2H])[2H])CN1CC2.[2H]c1c2c(c([2H])c(OC)c1OC)C1([2H])CC([2H])(OC(=O)[C@@]([2H])(N)C([2H])(C([2H])([2H])[2H])C([2H])([2H])[2H])C(C([2H])([2H])C([2H])(C)C([2H])([2H])[2H])CN1CC2. The lowest BCUT2D eigenvalue weighted by atomic mass is 9.79. The second-order valence-corrected chi connectivity index (χ2v) is 20.8. The second-order valence-electron chi connectivity index (χ2n) is 20.8. The van der Waals surface area contributed by atoms with Crippen molar-refractivity contribution in [3.63, 3.8) is 0 Å². The number of methoxy groups -OCH3 is 6. The van der Waals surface area contributed by atoms with Crippen LogP contribution in [0.2, 0.25) is 0 Å². The number of rotatable bonds is 21. The third kappa shape index (κ3) is 17.5. The van der Waals surface area contributed by atoms with E-state index in [1.165, 1.54) is 24.0 Å². The van der Waals surface area contributed by atoms with Crippen LogP contribution in [0.25, 0.3) is 0 Å². The van der Waals surface area contributed by atoms with Gasteiger partial charge < -0.3 is 59.8 Å². The predicted octanol–water partition coefficient (Wildman–Crippen LogP) is 10.7. The van der Waals surface area contributed by atoms with Crippen molar-refractivity contribution in [1.29, 1.82) is 0 Å². The normalized spacial score (nSPS) is 44.0. The van der Waals surface area contributed by atoms with Crippen LogP contribution in [0.15, 0.2) is 36.3 Å². The van der Waals surface area contributed by atoms with Gasteiger partial charge in [0.1, 0.15) is 36.3 Å². The van der Waals surface area contributed by atoms with Gasteiger partial charge in [0, 0.05) is 148 Å². The molecule has 504 valence electrons. The quantitative estimate of drug-likeness (QED) is 0.0666. The van der Waals surface area contributed by atoms with Crippen molar-refractivity contribution in [3.8, 4) is 34.5 Å². The molecule has 9 rings (SSSR count). The van der Waals surface area contributed by atoms with Gasteiger partial charge in [-0.25, -0.2) is 0 Å². The maximum atomic E-state index is 13.7. The molecule has 0 spiro atoms. The van der Waals surface area contributed by atoms with E-state index in [4.69, 9.17) is 134 Å². The lowest BCUT2D eigenvalue weighted by molar-refractivity contribution is -0.161. The highest BCUT2D eigenvalue weighted by atomic mass is 16.6. The van der Waals surface area contributed by atoms with Crippen LogP contribution in [0.3, 0.4) is 0 Å². The van der Waals surface area contributed by atoms with Crippen LogP contribution in [-0.2, 0) is 47.9 Å². The molecule has 18 heteroatoms. The summed E-state index contributed by atoms with van der Waals surface area (Å²) in [5.74, 6) is -37.3. The van der Waals surface area contributed by atoms with E-state index in [0.717, 1.165) is 33.0 Å². The molecule has 6 heterocycles. The fourth-order valence-electron chi connectivity index (χ4n) is 10.7. The average Bonchev–Trinajstić information content (AvgIpc) is 0.876. The van der Waals surface area contributed by atoms with E-state index < -0.39 is 318 Å². The molecule has 0 aromatic heterocycles. The Bertz CT molecular complexity index is 5460. The molecule has 3 fully saturated rings. The number of hydrogen-bond acceptors (Lipinski definition) is 18. The van der Waals surface area contributed by atoms with Crippen molar-refractivity contribution in [2.24, 2.45) is 70.3 Å². The number of benzene rings is 3. The van der Waals surface area contributed by atoms with Gasteiger partial charge >= 0.3 is 17.9 Å². The number of hydrogen-bond donors (Lipinski definition) is 3. The largest absolute Gasteiger partial charge is 0.493 e. The number of nitrogens with two attached hydrogens (primary N) is 3. The summed E-state index contributed by atoms with van der Waals surface area (Å²) in [6, 6.07) is -22.4. The molecule has 6 N–H and O–H groups in total. The Morgan fingerprint density at radius 1 is 0.489 bits per heavy atom. The van der Waals surface area contributed by atoms with Crippen LogP contribution >= 0.6 is 0 Å². The fraction of sp³-hybridized carbons (Fsp3) is 0.708. The predicted molar refractivity (Wildman–Crippen MR) is 353 cm³/mol. The van der Waals surface area contributed by atoms with E-state index in [0.29, 0.717) is 6.92 Å². The maximum absolute atomic E-state index is 13.7. The molecule has 0 amide bonds. The van der Waals surface area contributed by atoms with E-state index in [-0.39, 0.29) is 84.3 Å². The van der Waals surface area contributed by atoms with Gasteiger partial charge in [0.05, 0.1) is 69.9 Å². The number of fused-ring (bicyclic) bond motifs is 9. The van der Waals surface area contributed by atoms with Crippen LogP contribution in [0.4, 0.5) is 0 Å². The Hall–Kier alpha value is -5.37. The third-order valence-electron chi connectivity index (χ3n) is 14.8. The summed E-state index contributed by atoms with van der Waals surface area (Å²) in [4.78, 5) is 44.7. The Balaban J connectivity index is 0.000000302. The molecule has 6 aliphatic heterocycles. The van der Waals surface area contributed by atoms with Crippen LogP contribution in [0.1, 0.15) is 253 Å². The first-order valence-corrected chi connectivity index (χ1v) is 27.6. The summed E-state index contributed by atoms with van der Waals surface area (Å²) in [6.45, 7) is -34.5. The van der Waals surface area contributed by atoms with E-state index in [9.17, 15) is 21.2 Å². The first-order valence-electron chi connectivity index (χ1n) is 57.1. The Labute approximate surface area is 622 Å². The summed E-state index contributed by atoms with van der Waals surface area (Å²) in [6.07, 6.45) is -22.2. The lowest BCUT2D eigenvalue weighted by Gasteiger charge is -2.47. The molecule has 12 unspecified atom stereocenters. The number of esters is 3. The zero-order valence-corrected chi connectivity index (χ0v) is 50.3. The summed E-state index contributed by atoms with van der Waals surface area (Å²) in [5.41, 5.74) is 16.0. The van der Waals surface area contributed by atoms with Crippen LogP contribution < -0.4 is 45.6 Å². The van der Waals surface area contributed by atoms with E-state index in [2.05, 4.69) is 0 Å². The molecule has 3 saturated heterocycles. The van der Waals surface area contributed by atoms with Crippen molar-refractivity contribution < 1.29 is 138 Å². The summed E-state index contributed by atoms with van der Waals surface area (Å²) in [5, 5.41) is 0. The van der Waals surface area contributed by atoms with E-state index in [1.807, 2.05) is 0 Å². The van der Waals surface area contributed by atoms with Crippen LogP contribution in [-0.4, -0.2) is 151 Å². The Morgan fingerprint density at radius 3 is 1.13 bits per heavy atom. The minimum Gasteiger partial charge on any atom is -0.493 e. The topological polar surface area (TPSA) is 222 Å². The zero-order chi connectivity index (χ0) is 117. The standard InChI is InChI=1S/3C24H38N2O4/c3*1-14(2)9-17-13-26-8-7-16-10-21(28-5)22(29-6)11-18(16)19(26)12-20(17)30-24(27)23(25)15(3)4/h3*10-11,14-15,17,19-20,23H,7-9,12-13,25H2,1-6H3/t3*17?,19?,20?,23-/m000/s1/i1D3,3D3,4D3,5D3,9D2,10D,11D,14D,15D,19D,20D,23D;1D3,3D3,4D3,9D2,10D,11D,14D,15D,19D,20D,23D;1D3,3D3,4D3,5D3,9D2,10D,11D,14D,15D,19D,23D/t3*14?,17?,19?,20?,23-. The molecule has 6 aliphatic rings. The Kier molecular flexibility index (Phi) is 9.54. The van der Waals surface area contributed by atoms with Gasteiger partial charge in [0.15, 0.2) is 34.5 Å². The molecular weight excluding hydrogens is 1140 g/mol. The van der Waals surface area contributed by atoms with Gasteiger partial charge in [-0.3, -0.25) is 29.1 Å². The highest BCUT2D eigenvalue weighted by Crippen LogP contribution is 2.48. The maximum Gasteiger partial charge on any atom is 0.323 e. The third-order valence-corrected chi connectivity index (χ3v) is 14.8. The highest BCUT2D eigenvalue weighted by Gasteiger charge is 2.45. The molecule has 15 atom stereocenters. The molecule has 90 heavy (non-hydrogen) atoms. The number of piperidine rings is 3. The van der Waals surface area contributed by atoms with Crippen LogP contribution in [0, 0.1) is 53.1 Å². The van der Waals surface area contributed by atoms with Gasteiger partial charge in [-0.2, -0.15) is 0 Å². The first kappa shape index (κ1) is 26.4. The first-order chi connectivity index (χ1) is 65.7. The van der Waals surface area contributed by atoms with Gasteiger partial charge in [0.2, 0.25) is 0 Å². The number of nitrogens with zero attached hydrogens (tertiary/aromatic N) is 3. The minimum atomic E-state index is -4.13.